The summed E-state index contributed by atoms with van der Waals surface area (Å²) in [6, 6.07) is 67.6. The molecule has 0 fully saturated rings. The third-order valence-corrected chi connectivity index (χ3v) is 10.7. The zero-order valence-electron chi connectivity index (χ0n) is 30.2. The van der Waals surface area contributed by atoms with Gasteiger partial charge >= 0.3 is 0 Å². The number of furan rings is 1. The van der Waals surface area contributed by atoms with E-state index < -0.39 is 0 Å². The molecule has 262 valence electrons. The Kier molecular flexibility index (Phi) is 7.42. The van der Waals surface area contributed by atoms with Crippen molar-refractivity contribution >= 4 is 43.7 Å². The van der Waals surface area contributed by atoms with Gasteiger partial charge in [0.1, 0.15) is 11.2 Å². The molecule has 0 amide bonds. The van der Waals surface area contributed by atoms with Crippen molar-refractivity contribution in [2.24, 2.45) is 0 Å². The molecule has 56 heavy (non-hydrogen) atoms. The molecule has 0 bridgehead atoms. The van der Waals surface area contributed by atoms with E-state index in [1.807, 2.05) is 72.8 Å². The van der Waals surface area contributed by atoms with Crippen LogP contribution in [-0.2, 0) is 0 Å². The van der Waals surface area contributed by atoms with E-state index in [0.29, 0.717) is 17.5 Å². The highest BCUT2D eigenvalue weighted by Gasteiger charge is 2.20. The van der Waals surface area contributed by atoms with E-state index in [9.17, 15) is 0 Å². The van der Waals surface area contributed by atoms with Gasteiger partial charge in [-0.2, -0.15) is 0 Å². The molecule has 0 radical (unpaired) electrons. The number of hydrogen-bond acceptors (Lipinski definition) is 4. The molecule has 3 heterocycles. The maximum atomic E-state index is 6.52. The molecule has 0 aliphatic carbocycles. The van der Waals surface area contributed by atoms with Crippen molar-refractivity contribution in [3.05, 3.63) is 194 Å². The predicted molar refractivity (Wildman–Crippen MR) is 229 cm³/mol. The normalized spacial score (nSPS) is 11.6. The molecule has 0 aliphatic heterocycles. The van der Waals surface area contributed by atoms with Gasteiger partial charge in [0.05, 0.1) is 11.0 Å². The van der Waals surface area contributed by atoms with Crippen molar-refractivity contribution in [1.29, 1.82) is 0 Å². The van der Waals surface area contributed by atoms with Crippen molar-refractivity contribution in [2.45, 2.75) is 0 Å². The smallest absolute Gasteiger partial charge is 0.164 e. The molecule has 0 spiro atoms. The molecular formula is C51H32N4O. The summed E-state index contributed by atoms with van der Waals surface area (Å²) in [6.45, 7) is 0. The first kappa shape index (κ1) is 31.9. The van der Waals surface area contributed by atoms with E-state index in [1.54, 1.807) is 0 Å². The summed E-state index contributed by atoms with van der Waals surface area (Å²) in [5.74, 6) is 1.84. The molecule has 3 aromatic heterocycles. The van der Waals surface area contributed by atoms with Gasteiger partial charge in [0.15, 0.2) is 17.5 Å². The Morgan fingerprint density at radius 2 is 0.911 bits per heavy atom. The molecule has 0 unspecified atom stereocenters. The average molecular weight is 717 g/mol. The van der Waals surface area contributed by atoms with Gasteiger partial charge < -0.3 is 8.98 Å². The number of benzene rings is 8. The van der Waals surface area contributed by atoms with Crippen molar-refractivity contribution in [1.82, 2.24) is 19.5 Å². The van der Waals surface area contributed by atoms with Gasteiger partial charge in [0, 0.05) is 43.9 Å². The number of nitrogens with zero attached hydrogens (tertiary/aromatic N) is 4. The number of rotatable bonds is 6. The first-order valence-electron chi connectivity index (χ1n) is 18.8. The second-order valence-corrected chi connectivity index (χ2v) is 14.0. The van der Waals surface area contributed by atoms with E-state index in [4.69, 9.17) is 19.4 Å². The molecular weight excluding hydrogens is 685 g/mol. The van der Waals surface area contributed by atoms with Gasteiger partial charge in [-0.15, -0.1) is 0 Å². The Balaban J connectivity index is 1.09. The summed E-state index contributed by atoms with van der Waals surface area (Å²) >= 11 is 0. The minimum atomic E-state index is 0.595. The molecule has 11 rings (SSSR count). The van der Waals surface area contributed by atoms with Crippen LogP contribution >= 0.6 is 0 Å². The van der Waals surface area contributed by atoms with Crippen LogP contribution in [0.5, 0.6) is 0 Å². The van der Waals surface area contributed by atoms with Crippen LogP contribution in [0.15, 0.2) is 199 Å². The van der Waals surface area contributed by atoms with Gasteiger partial charge in [0.25, 0.3) is 0 Å². The maximum Gasteiger partial charge on any atom is 0.164 e. The van der Waals surface area contributed by atoms with Crippen LogP contribution in [0.25, 0.3) is 106 Å². The highest BCUT2D eigenvalue weighted by atomic mass is 16.3. The fraction of sp³-hybridized carbons (Fsp3) is 0. The summed E-state index contributed by atoms with van der Waals surface area (Å²) in [5, 5.41) is 4.37. The molecule has 11 aromatic rings. The second-order valence-electron chi connectivity index (χ2n) is 14.0. The van der Waals surface area contributed by atoms with E-state index in [0.717, 1.165) is 55.3 Å². The van der Waals surface area contributed by atoms with Crippen LogP contribution < -0.4 is 0 Å². The molecule has 0 saturated heterocycles. The van der Waals surface area contributed by atoms with Crippen molar-refractivity contribution < 1.29 is 4.42 Å². The zero-order valence-corrected chi connectivity index (χ0v) is 30.2. The minimum absolute atomic E-state index is 0.595. The second kappa shape index (κ2) is 13.0. The van der Waals surface area contributed by atoms with Crippen LogP contribution in [0.3, 0.4) is 0 Å². The summed E-state index contributed by atoms with van der Waals surface area (Å²) in [7, 11) is 0. The lowest BCUT2D eigenvalue weighted by Crippen LogP contribution is -2.00. The van der Waals surface area contributed by atoms with E-state index >= 15 is 0 Å². The van der Waals surface area contributed by atoms with E-state index in [1.165, 1.54) is 33.0 Å². The van der Waals surface area contributed by atoms with Gasteiger partial charge in [-0.1, -0.05) is 146 Å². The quantitative estimate of drug-likeness (QED) is 0.172. The fourth-order valence-corrected chi connectivity index (χ4v) is 8.01. The largest absolute Gasteiger partial charge is 0.456 e. The summed E-state index contributed by atoms with van der Waals surface area (Å²) < 4.78 is 8.88. The molecule has 0 aliphatic rings. The standard InChI is InChI=1S/C51H32N4O/c1-4-14-33(15-5-1)36-20-12-21-37(30-36)38-26-28-45-42(31-38)40-22-10-11-24-44(40)55(45)39-27-29-46-43(32-39)48-41(23-13-25-47(48)56-46)51-53-49(34-16-6-2-7-17-34)52-50(54-51)35-18-8-3-9-19-35/h1-32H. The molecule has 5 heteroatoms. The predicted octanol–water partition coefficient (Wildman–Crippen LogP) is 13.2. The highest BCUT2D eigenvalue weighted by molar-refractivity contribution is 6.14. The number of para-hydroxylation sites is 1. The topological polar surface area (TPSA) is 56.7 Å². The van der Waals surface area contributed by atoms with Crippen LogP contribution in [0, 0.1) is 0 Å². The fourth-order valence-electron chi connectivity index (χ4n) is 8.01. The Morgan fingerprint density at radius 3 is 1.64 bits per heavy atom. The van der Waals surface area contributed by atoms with Crippen molar-refractivity contribution in [3.8, 4) is 62.1 Å². The van der Waals surface area contributed by atoms with Crippen LogP contribution in [-0.4, -0.2) is 19.5 Å². The minimum Gasteiger partial charge on any atom is -0.456 e. The van der Waals surface area contributed by atoms with Crippen molar-refractivity contribution in [3.63, 3.8) is 0 Å². The van der Waals surface area contributed by atoms with E-state index in [2.05, 4.69) is 126 Å². The lowest BCUT2D eigenvalue weighted by Gasteiger charge is -2.10. The summed E-state index contributed by atoms with van der Waals surface area (Å²) in [4.78, 5) is 15.1. The highest BCUT2D eigenvalue weighted by Crippen LogP contribution is 2.40. The third-order valence-electron chi connectivity index (χ3n) is 10.7. The lowest BCUT2D eigenvalue weighted by atomic mass is 9.98. The van der Waals surface area contributed by atoms with Crippen molar-refractivity contribution in [2.75, 3.05) is 0 Å². The van der Waals surface area contributed by atoms with Gasteiger partial charge in [-0.05, 0) is 70.8 Å². The Labute approximate surface area is 322 Å². The molecule has 5 nitrogen and oxygen atoms in total. The van der Waals surface area contributed by atoms with Gasteiger partial charge in [-0.3, -0.25) is 0 Å². The molecule has 8 aromatic carbocycles. The lowest BCUT2D eigenvalue weighted by molar-refractivity contribution is 0.669. The monoisotopic (exact) mass is 716 g/mol. The first-order chi connectivity index (χ1) is 27.7. The number of fused-ring (bicyclic) bond motifs is 6. The van der Waals surface area contributed by atoms with Crippen LogP contribution in [0.4, 0.5) is 0 Å². The summed E-state index contributed by atoms with van der Waals surface area (Å²) in [5.41, 5.74) is 12.4. The Morgan fingerprint density at radius 1 is 0.339 bits per heavy atom. The van der Waals surface area contributed by atoms with Crippen LogP contribution in [0.1, 0.15) is 0 Å². The Bertz CT molecular complexity index is 3180. The van der Waals surface area contributed by atoms with Crippen LogP contribution in [0.2, 0.25) is 0 Å². The number of hydrogen-bond donors (Lipinski definition) is 0. The Hall–Kier alpha value is -7.63. The molecule has 0 N–H and O–H groups in total. The van der Waals surface area contributed by atoms with Gasteiger partial charge in [-0.25, -0.2) is 15.0 Å². The van der Waals surface area contributed by atoms with Gasteiger partial charge in [0.2, 0.25) is 0 Å². The molecule has 0 saturated carbocycles. The molecule has 0 atom stereocenters. The zero-order chi connectivity index (χ0) is 37.0. The number of aromatic nitrogens is 4. The third kappa shape index (κ3) is 5.37. The summed E-state index contributed by atoms with van der Waals surface area (Å²) in [6.07, 6.45) is 0. The van der Waals surface area contributed by atoms with E-state index in [-0.39, 0.29) is 0 Å². The first-order valence-corrected chi connectivity index (χ1v) is 18.8. The SMILES string of the molecule is c1ccc(-c2cccc(-c3ccc4c(c3)c3ccccc3n4-c3ccc4oc5cccc(-c6nc(-c7ccccc7)nc(-c7ccccc7)n6)c5c4c3)c2)cc1. The maximum absolute atomic E-state index is 6.52. The average Bonchev–Trinajstić information content (AvgIpc) is 3.82.